The summed E-state index contributed by atoms with van der Waals surface area (Å²) in [5.41, 5.74) is 1.01. The van der Waals surface area contributed by atoms with Gasteiger partial charge < -0.3 is 10.6 Å². The number of benzene rings is 2. The van der Waals surface area contributed by atoms with Gasteiger partial charge in [-0.25, -0.2) is 12.8 Å². The zero-order valence-corrected chi connectivity index (χ0v) is 20.8. The summed E-state index contributed by atoms with van der Waals surface area (Å²) in [4.78, 5) is 25.9. The number of halogens is 2. The van der Waals surface area contributed by atoms with Crippen LogP contribution in [0.25, 0.3) is 0 Å². The topological polar surface area (TPSA) is 95.6 Å². The lowest BCUT2D eigenvalue weighted by atomic mass is 10.1. The van der Waals surface area contributed by atoms with E-state index in [1.54, 1.807) is 19.1 Å². The van der Waals surface area contributed by atoms with Gasteiger partial charge in [-0.3, -0.25) is 14.5 Å². The fourth-order valence-corrected chi connectivity index (χ4v) is 5.30. The van der Waals surface area contributed by atoms with Crippen molar-refractivity contribution >= 4 is 33.3 Å². The Morgan fingerprint density at radius 3 is 2.59 bits per heavy atom. The van der Waals surface area contributed by atoms with Gasteiger partial charge in [0.25, 0.3) is 5.91 Å². The number of nitrogens with zero attached hydrogens (tertiary/aromatic N) is 1. The molecule has 2 amide bonds. The van der Waals surface area contributed by atoms with E-state index < -0.39 is 21.6 Å². The summed E-state index contributed by atoms with van der Waals surface area (Å²) in [6, 6.07) is 8.76. The van der Waals surface area contributed by atoms with Crippen LogP contribution < -0.4 is 10.6 Å². The number of carbonyl (C=O) groups excluding carboxylic acids is 2. The van der Waals surface area contributed by atoms with Crippen molar-refractivity contribution in [2.45, 2.75) is 38.3 Å². The van der Waals surface area contributed by atoms with Crippen LogP contribution >= 0.6 is 11.6 Å². The molecule has 34 heavy (non-hydrogen) atoms. The van der Waals surface area contributed by atoms with Crippen LogP contribution in [0.1, 0.15) is 41.8 Å². The van der Waals surface area contributed by atoms with Crippen molar-refractivity contribution in [1.82, 2.24) is 15.5 Å². The zero-order valence-electron chi connectivity index (χ0n) is 19.2. The summed E-state index contributed by atoms with van der Waals surface area (Å²) in [5.74, 6) is -0.786. The molecule has 2 N–H and O–H groups in total. The van der Waals surface area contributed by atoms with Crippen molar-refractivity contribution < 1.29 is 22.4 Å². The summed E-state index contributed by atoms with van der Waals surface area (Å²) < 4.78 is 39.4. The van der Waals surface area contributed by atoms with Crippen LogP contribution in [-0.4, -0.2) is 50.5 Å². The fraction of sp³-hybridized carbons (Fsp3) is 0.417. The summed E-state index contributed by atoms with van der Waals surface area (Å²) in [6.07, 6.45) is 0.932. The number of nitrogens with one attached hydrogen (secondary N) is 2. The first-order valence-electron chi connectivity index (χ1n) is 11.1. The van der Waals surface area contributed by atoms with Gasteiger partial charge in [0.05, 0.1) is 10.6 Å². The van der Waals surface area contributed by atoms with E-state index >= 15 is 0 Å². The van der Waals surface area contributed by atoms with Crippen LogP contribution in [0.15, 0.2) is 41.3 Å². The molecule has 3 rings (SSSR count). The third-order valence-electron chi connectivity index (χ3n) is 5.90. The number of likely N-dealkylation sites (tertiary alicyclic amines) is 1. The van der Waals surface area contributed by atoms with Crippen molar-refractivity contribution in [2.24, 2.45) is 5.92 Å². The molecule has 0 aromatic heterocycles. The second-order valence-electron chi connectivity index (χ2n) is 8.47. The molecule has 1 saturated heterocycles. The smallest absolute Gasteiger partial charge is 0.251 e. The molecule has 1 aliphatic rings. The average molecular weight is 510 g/mol. The molecule has 0 aliphatic carbocycles. The van der Waals surface area contributed by atoms with E-state index in [0.717, 1.165) is 19.5 Å². The second kappa shape index (κ2) is 11.3. The number of sulfone groups is 1. The van der Waals surface area contributed by atoms with Gasteiger partial charge in [0.15, 0.2) is 9.84 Å². The molecule has 1 atom stereocenters. The molecular weight excluding hydrogens is 481 g/mol. The summed E-state index contributed by atoms with van der Waals surface area (Å²) in [7, 11) is -3.49. The molecule has 0 saturated carbocycles. The quantitative estimate of drug-likeness (QED) is 0.541. The maximum Gasteiger partial charge on any atom is 0.251 e. The number of hydrogen-bond acceptors (Lipinski definition) is 5. The van der Waals surface area contributed by atoms with E-state index in [4.69, 9.17) is 11.6 Å². The van der Waals surface area contributed by atoms with Gasteiger partial charge >= 0.3 is 0 Å². The minimum Gasteiger partial charge on any atom is -0.356 e. The standard InChI is InChI=1S/C24H29ClFN3O4S/c1-3-34(32,33)23-7-6-21(25)10-20(23)13-28-24(31)18-4-5-19(22(26)11-18)15-29-9-8-17(14-29)12-27-16(2)30/h4-7,10-11,17H,3,8-9,12-15H2,1-2H3,(H,27,30)(H,28,31)/t17-/m1/s1. The maximum atomic E-state index is 14.7. The molecule has 10 heteroatoms. The molecule has 0 spiro atoms. The third-order valence-corrected chi connectivity index (χ3v) is 7.96. The van der Waals surface area contributed by atoms with Crippen molar-refractivity contribution in [1.29, 1.82) is 0 Å². The largest absolute Gasteiger partial charge is 0.356 e. The summed E-state index contributed by atoms with van der Waals surface area (Å²) in [6.45, 7) is 5.59. The Hall–Kier alpha value is -2.49. The number of rotatable bonds is 9. The van der Waals surface area contributed by atoms with Crippen LogP contribution in [-0.2, 0) is 27.7 Å². The first-order valence-corrected chi connectivity index (χ1v) is 13.2. The highest BCUT2D eigenvalue weighted by molar-refractivity contribution is 7.91. The molecule has 184 valence electrons. The maximum absolute atomic E-state index is 14.7. The Balaban J connectivity index is 1.62. The van der Waals surface area contributed by atoms with Crippen LogP contribution in [0.4, 0.5) is 4.39 Å². The van der Waals surface area contributed by atoms with Crippen molar-refractivity contribution in [3.63, 3.8) is 0 Å². The van der Waals surface area contributed by atoms with Crippen molar-refractivity contribution in [3.05, 3.63) is 63.9 Å². The lowest BCUT2D eigenvalue weighted by molar-refractivity contribution is -0.119. The van der Waals surface area contributed by atoms with Gasteiger partial charge in [0.2, 0.25) is 5.91 Å². The van der Waals surface area contributed by atoms with Crippen LogP contribution in [0.3, 0.4) is 0 Å². The summed E-state index contributed by atoms with van der Waals surface area (Å²) >= 11 is 6.01. The fourth-order valence-electron chi connectivity index (χ4n) is 3.99. The summed E-state index contributed by atoms with van der Waals surface area (Å²) in [5, 5.41) is 5.83. The molecule has 2 aromatic rings. The highest BCUT2D eigenvalue weighted by Crippen LogP contribution is 2.23. The number of amides is 2. The van der Waals surface area contributed by atoms with E-state index in [1.165, 1.54) is 31.2 Å². The van der Waals surface area contributed by atoms with Crippen molar-refractivity contribution in [2.75, 3.05) is 25.4 Å². The third kappa shape index (κ3) is 6.77. The Kier molecular flexibility index (Phi) is 8.67. The van der Waals surface area contributed by atoms with Gasteiger partial charge in [-0.1, -0.05) is 24.6 Å². The minimum atomic E-state index is -3.49. The molecule has 2 aromatic carbocycles. The molecule has 0 unspecified atom stereocenters. The first kappa shape index (κ1) is 26.1. The molecular formula is C24H29ClFN3O4S. The Bertz CT molecular complexity index is 1170. The highest BCUT2D eigenvalue weighted by Gasteiger charge is 2.24. The van der Waals surface area contributed by atoms with E-state index in [2.05, 4.69) is 15.5 Å². The monoisotopic (exact) mass is 509 g/mol. The Labute approximate surface area is 204 Å². The molecule has 0 bridgehead atoms. The average Bonchev–Trinajstić information content (AvgIpc) is 3.24. The molecule has 1 fully saturated rings. The molecule has 1 aliphatic heterocycles. The predicted octanol–water partition coefficient (Wildman–Crippen LogP) is 3.16. The van der Waals surface area contributed by atoms with Crippen LogP contribution in [0.2, 0.25) is 5.02 Å². The van der Waals surface area contributed by atoms with E-state index in [9.17, 15) is 22.4 Å². The van der Waals surface area contributed by atoms with Crippen LogP contribution in [0, 0.1) is 11.7 Å². The second-order valence-corrected chi connectivity index (χ2v) is 11.2. The Morgan fingerprint density at radius 1 is 1.15 bits per heavy atom. The predicted molar refractivity (Wildman–Crippen MR) is 129 cm³/mol. The van der Waals surface area contributed by atoms with Gasteiger partial charge in [0.1, 0.15) is 5.82 Å². The van der Waals surface area contributed by atoms with E-state index in [1.807, 2.05) is 0 Å². The lowest BCUT2D eigenvalue weighted by Gasteiger charge is -2.17. The first-order chi connectivity index (χ1) is 16.1. The molecule has 7 nitrogen and oxygen atoms in total. The normalized spacial score (nSPS) is 16.4. The van der Waals surface area contributed by atoms with Gasteiger partial charge in [-0.15, -0.1) is 0 Å². The zero-order chi connectivity index (χ0) is 24.9. The highest BCUT2D eigenvalue weighted by atomic mass is 35.5. The van der Waals surface area contributed by atoms with Gasteiger partial charge in [-0.2, -0.15) is 0 Å². The van der Waals surface area contributed by atoms with E-state index in [-0.39, 0.29) is 28.7 Å². The minimum absolute atomic E-state index is 0.0548. The molecule has 0 radical (unpaired) electrons. The van der Waals surface area contributed by atoms with Crippen molar-refractivity contribution in [3.8, 4) is 0 Å². The van der Waals surface area contributed by atoms with E-state index in [0.29, 0.717) is 35.2 Å². The number of carbonyl (C=O) groups is 2. The number of hydrogen-bond donors (Lipinski definition) is 2. The van der Waals surface area contributed by atoms with Gasteiger partial charge in [0, 0.05) is 49.3 Å². The Morgan fingerprint density at radius 2 is 1.91 bits per heavy atom. The SMILES string of the molecule is CCS(=O)(=O)c1ccc(Cl)cc1CNC(=O)c1ccc(CN2CC[C@H](CNC(C)=O)C2)c(F)c1. The van der Waals surface area contributed by atoms with Gasteiger partial charge in [-0.05, 0) is 54.8 Å². The molecule has 1 heterocycles. The lowest BCUT2D eigenvalue weighted by Crippen LogP contribution is -2.29. The van der Waals surface area contributed by atoms with Crippen LogP contribution in [0.5, 0.6) is 0 Å².